The fourth-order valence-corrected chi connectivity index (χ4v) is 11.0. The smallest absolute Gasteiger partial charge is 0.462 e. The maximum absolute atomic E-state index is 13.1. The third-order valence-corrected chi connectivity index (χ3v) is 17.0. The molecule has 102 heavy (non-hydrogen) atoms. The molecule has 0 aromatic carbocycles. The van der Waals surface area contributed by atoms with E-state index in [1.54, 1.807) is 0 Å². The van der Waals surface area contributed by atoms with Gasteiger partial charge in [-0.25, -0.2) is 9.13 Å². The maximum Gasteiger partial charge on any atom is 0.472 e. The first kappa shape index (κ1) is 96.4. The van der Waals surface area contributed by atoms with Crippen LogP contribution in [-0.4, -0.2) is 96.7 Å². The number of aliphatic hydroxyl groups is 1. The van der Waals surface area contributed by atoms with E-state index in [0.29, 0.717) is 38.5 Å². The van der Waals surface area contributed by atoms with Gasteiger partial charge in [0.05, 0.1) is 26.4 Å². The van der Waals surface area contributed by atoms with Crippen LogP contribution in [0.3, 0.4) is 0 Å². The first-order chi connectivity index (χ1) is 49.7. The molecule has 0 spiro atoms. The van der Waals surface area contributed by atoms with E-state index in [-0.39, 0.29) is 25.7 Å². The molecule has 17 nitrogen and oxygen atoms in total. The summed E-state index contributed by atoms with van der Waals surface area (Å²) in [5.74, 6) is -2.38. The van der Waals surface area contributed by atoms with Crippen molar-refractivity contribution in [3.63, 3.8) is 0 Å². The Morgan fingerprint density at radius 3 is 0.931 bits per heavy atom. The summed E-state index contributed by atoms with van der Waals surface area (Å²) in [5, 5.41) is 10.6. The van der Waals surface area contributed by atoms with E-state index in [2.05, 4.69) is 167 Å². The molecule has 5 unspecified atom stereocenters. The molecule has 0 amide bonds. The molecule has 3 N–H and O–H groups in total. The number of phosphoric acid groups is 2. The van der Waals surface area contributed by atoms with E-state index in [1.807, 2.05) is 30.4 Å². The van der Waals surface area contributed by atoms with Crippen LogP contribution >= 0.6 is 15.6 Å². The summed E-state index contributed by atoms with van der Waals surface area (Å²) < 4.78 is 68.3. The van der Waals surface area contributed by atoms with Crippen molar-refractivity contribution in [2.24, 2.45) is 0 Å². The second-order valence-corrected chi connectivity index (χ2v) is 27.7. The standard InChI is InChI=1S/C83H134O17P2/c1-5-9-13-17-21-25-29-33-35-37-38-40-41-45-48-52-56-60-64-68-81(86)94-74-79(100-83(88)70-66-62-58-54-50-46-42-39-36-34-30-26-22-18-14-10-6-2)76-98-102(91,92)96-72-77(84)71-95-101(89,90)97-75-78(99-82(87)69-65-61-57-53-49-44-32-28-24-20-16-12-8-4)73-93-80(85)67-63-59-55-51-47-43-31-27-23-19-15-11-7-3/h9-10,13-15,19,21-22,25-28,31-36,38,40,42,45-46,48,54,56,58,60,77-79,84H,5-8,11-12,16-18,20,23-24,29-30,37,39,41,43-44,47,49-53,55,57,59,61-76H2,1-4H3,(H,89,90)(H,91,92)/b13-9-,14-10-,19-15-,25-21-,26-22-,31-27-,32-28-,35-33-,36-34-,40-38-,46-42-,48-45-,58-54-,60-56-. The number of rotatable bonds is 70. The van der Waals surface area contributed by atoms with Gasteiger partial charge < -0.3 is 33.8 Å². The Kier molecular flexibility index (Phi) is 69.7. The third-order valence-electron chi connectivity index (χ3n) is 15.1. The molecule has 0 aliphatic rings. The van der Waals surface area contributed by atoms with Gasteiger partial charge in [-0.05, 0) is 154 Å². The lowest BCUT2D eigenvalue weighted by Gasteiger charge is -2.21. The van der Waals surface area contributed by atoms with Gasteiger partial charge in [0, 0.05) is 25.7 Å². The lowest BCUT2D eigenvalue weighted by molar-refractivity contribution is -0.161. The van der Waals surface area contributed by atoms with Crippen molar-refractivity contribution in [1.82, 2.24) is 0 Å². The van der Waals surface area contributed by atoms with Crippen LogP contribution in [0.2, 0.25) is 0 Å². The predicted octanol–water partition coefficient (Wildman–Crippen LogP) is 22.2. The van der Waals surface area contributed by atoms with Gasteiger partial charge in [-0.2, -0.15) is 0 Å². The molecule has 5 atom stereocenters. The molecular formula is C83H134O17P2. The van der Waals surface area contributed by atoms with Crippen LogP contribution in [0, 0.1) is 0 Å². The lowest BCUT2D eigenvalue weighted by atomic mass is 10.1. The minimum atomic E-state index is -5.02. The third kappa shape index (κ3) is 72.8. The van der Waals surface area contributed by atoms with E-state index in [1.165, 1.54) is 25.7 Å². The summed E-state index contributed by atoms with van der Waals surface area (Å²) in [6, 6.07) is 0. The summed E-state index contributed by atoms with van der Waals surface area (Å²) >= 11 is 0. The number of phosphoric ester groups is 2. The van der Waals surface area contributed by atoms with E-state index in [9.17, 15) is 43.2 Å². The monoisotopic (exact) mass is 1460 g/mol. The van der Waals surface area contributed by atoms with E-state index in [4.69, 9.17) is 37.0 Å². The molecule has 0 aromatic heterocycles. The summed E-state index contributed by atoms with van der Waals surface area (Å²) in [6.07, 6.45) is 86.6. The number of carbonyl (C=O) groups excluding carboxylic acids is 4. The first-order valence-corrected chi connectivity index (χ1v) is 41.4. The van der Waals surface area contributed by atoms with Crippen molar-refractivity contribution in [2.75, 3.05) is 39.6 Å². The molecule has 0 fully saturated rings. The van der Waals surface area contributed by atoms with Crippen molar-refractivity contribution in [3.8, 4) is 0 Å². The average molecular weight is 1470 g/mol. The van der Waals surface area contributed by atoms with Gasteiger partial charge in [0.1, 0.15) is 19.3 Å². The van der Waals surface area contributed by atoms with Gasteiger partial charge in [0.15, 0.2) is 12.2 Å². The topological polar surface area (TPSA) is 237 Å². The molecule has 0 aliphatic carbocycles. The number of esters is 4. The SMILES string of the molecule is CC/C=C\C/C=C\C/C=C\C/C=C\C/C=C\C/C=C\CCC(=O)OCC(COP(=O)(O)OCC(O)COP(=O)(O)OCC(COC(=O)CCCCCCC/C=C\C/C=C\CCC)OC(=O)CCCCCCC/C=C\CCCCCC)OC(=O)CCC/C=C\C/C=C\C/C=C\C/C=C\C/C=C\CC. The van der Waals surface area contributed by atoms with Crippen molar-refractivity contribution in [2.45, 2.75) is 290 Å². The molecule has 0 saturated carbocycles. The molecule has 0 aromatic rings. The van der Waals surface area contributed by atoms with Gasteiger partial charge in [-0.1, -0.05) is 262 Å². The second kappa shape index (κ2) is 73.7. The molecule has 0 rings (SSSR count). The van der Waals surface area contributed by atoms with Crippen LogP contribution in [-0.2, 0) is 65.4 Å². The minimum Gasteiger partial charge on any atom is -0.462 e. The summed E-state index contributed by atoms with van der Waals surface area (Å²) in [7, 11) is -10.0. The zero-order valence-corrected chi connectivity index (χ0v) is 64.8. The predicted molar refractivity (Wildman–Crippen MR) is 417 cm³/mol. The number of carbonyl (C=O) groups is 4. The zero-order chi connectivity index (χ0) is 74.6. The Labute approximate surface area is 616 Å². The van der Waals surface area contributed by atoms with Crippen LogP contribution < -0.4 is 0 Å². The number of aliphatic hydroxyl groups excluding tert-OH is 1. The van der Waals surface area contributed by atoms with Crippen LogP contribution in [0.5, 0.6) is 0 Å². The Bertz CT molecular complexity index is 2600. The number of unbranched alkanes of at least 4 members (excludes halogenated alkanes) is 16. The lowest BCUT2D eigenvalue weighted by Crippen LogP contribution is -2.30. The minimum absolute atomic E-state index is 0.00610. The number of hydrogen-bond acceptors (Lipinski definition) is 15. The van der Waals surface area contributed by atoms with Gasteiger partial charge in [-0.15, -0.1) is 0 Å². The summed E-state index contributed by atoms with van der Waals surface area (Å²) in [4.78, 5) is 72.8. The largest absolute Gasteiger partial charge is 0.472 e. The fraction of sp³-hybridized carbons (Fsp3) is 0.614. The van der Waals surface area contributed by atoms with Crippen molar-refractivity contribution < 1.29 is 80.2 Å². The molecule has 0 aliphatic heterocycles. The maximum atomic E-state index is 13.1. The quantitative estimate of drug-likeness (QED) is 0.0169. The Morgan fingerprint density at radius 2 is 0.559 bits per heavy atom. The Morgan fingerprint density at radius 1 is 0.284 bits per heavy atom. The van der Waals surface area contributed by atoms with Crippen LogP contribution in [0.15, 0.2) is 170 Å². The Hall–Kier alpha value is -5.58. The zero-order valence-electron chi connectivity index (χ0n) is 63.0. The molecule has 578 valence electrons. The highest BCUT2D eigenvalue weighted by Gasteiger charge is 2.30. The van der Waals surface area contributed by atoms with Gasteiger partial charge in [0.2, 0.25) is 0 Å². The Balaban J connectivity index is 5.51. The van der Waals surface area contributed by atoms with Gasteiger partial charge in [-0.3, -0.25) is 37.3 Å². The second-order valence-electron chi connectivity index (χ2n) is 24.8. The van der Waals surface area contributed by atoms with Crippen molar-refractivity contribution in [3.05, 3.63) is 170 Å². The van der Waals surface area contributed by atoms with Gasteiger partial charge >= 0.3 is 39.5 Å². The summed E-state index contributed by atoms with van der Waals surface area (Å²) in [6.45, 7) is 4.36. The van der Waals surface area contributed by atoms with Gasteiger partial charge in [0.25, 0.3) is 0 Å². The molecule has 0 radical (unpaired) electrons. The van der Waals surface area contributed by atoms with Crippen LogP contribution in [0.4, 0.5) is 0 Å². The molecular weight excluding hydrogens is 1330 g/mol. The van der Waals surface area contributed by atoms with E-state index >= 15 is 0 Å². The number of ether oxygens (including phenoxy) is 4. The molecule has 0 heterocycles. The van der Waals surface area contributed by atoms with Crippen LogP contribution in [0.1, 0.15) is 272 Å². The highest BCUT2D eigenvalue weighted by molar-refractivity contribution is 7.47. The van der Waals surface area contributed by atoms with Crippen molar-refractivity contribution >= 4 is 39.5 Å². The van der Waals surface area contributed by atoms with Crippen molar-refractivity contribution in [1.29, 1.82) is 0 Å². The van der Waals surface area contributed by atoms with Crippen LogP contribution in [0.25, 0.3) is 0 Å². The number of allylic oxidation sites excluding steroid dienone is 28. The first-order valence-electron chi connectivity index (χ1n) is 38.4. The average Bonchev–Trinajstić information content (AvgIpc) is 0.923. The highest BCUT2D eigenvalue weighted by atomic mass is 31.2. The summed E-state index contributed by atoms with van der Waals surface area (Å²) in [5.41, 5.74) is 0. The highest BCUT2D eigenvalue weighted by Crippen LogP contribution is 2.45. The normalized spacial score (nSPS) is 14.9. The molecule has 19 heteroatoms. The molecule has 0 saturated heterocycles. The molecule has 0 bridgehead atoms. The van der Waals surface area contributed by atoms with E-state index < -0.39 is 97.5 Å². The fourth-order valence-electron chi connectivity index (χ4n) is 9.37. The van der Waals surface area contributed by atoms with E-state index in [0.717, 1.165) is 154 Å². The number of hydrogen-bond donors (Lipinski definition) is 3.